The van der Waals surface area contributed by atoms with Gasteiger partial charge in [-0.05, 0) is 43.0 Å². The summed E-state index contributed by atoms with van der Waals surface area (Å²) in [4.78, 5) is 13.6. The zero-order valence-corrected chi connectivity index (χ0v) is 12.3. The standard InChI is InChI=1S/C16H18N2O2/c1-9-13(16-10(2)17-20-11(16)3)6-5-12-7-15(19)18(4)8-14(9)12/h5-6H,7-8H2,1-4H3. The van der Waals surface area contributed by atoms with Gasteiger partial charge in [0.15, 0.2) is 0 Å². The smallest absolute Gasteiger partial charge is 0.227 e. The van der Waals surface area contributed by atoms with Crippen molar-refractivity contribution in [3.8, 4) is 11.1 Å². The lowest BCUT2D eigenvalue weighted by Gasteiger charge is -2.27. The molecule has 0 aliphatic carbocycles. The zero-order valence-electron chi connectivity index (χ0n) is 12.3. The van der Waals surface area contributed by atoms with Gasteiger partial charge in [-0.1, -0.05) is 17.3 Å². The summed E-state index contributed by atoms with van der Waals surface area (Å²) in [6.45, 7) is 6.69. The minimum absolute atomic E-state index is 0.182. The lowest BCUT2D eigenvalue weighted by Crippen LogP contribution is -2.33. The van der Waals surface area contributed by atoms with E-state index in [1.807, 2.05) is 20.9 Å². The van der Waals surface area contributed by atoms with Crippen LogP contribution in [0.15, 0.2) is 16.7 Å². The number of fused-ring (bicyclic) bond motifs is 1. The van der Waals surface area contributed by atoms with Crippen molar-refractivity contribution < 1.29 is 9.32 Å². The van der Waals surface area contributed by atoms with Crippen molar-refractivity contribution in [2.45, 2.75) is 33.7 Å². The molecule has 104 valence electrons. The Morgan fingerprint density at radius 3 is 2.65 bits per heavy atom. The molecule has 0 saturated heterocycles. The number of benzene rings is 1. The number of rotatable bonds is 1. The molecule has 1 amide bonds. The summed E-state index contributed by atoms with van der Waals surface area (Å²) < 4.78 is 5.27. The quantitative estimate of drug-likeness (QED) is 0.800. The van der Waals surface area contributed by atoms with Crippen molar-refractivity contribution in [1.29, 1.82) is 0 Å². The van der Waals surface area contributed by atoms with Gasteiger partial charge in [-0.2, -0.15) is 0 Å². The molecule has 1 aromatic carbocycles. The van der Waals surface area contributed by atoms with Crippen molar-refractivity contribution in [3.63, 3.8) is 0 Å². The predicted molar refractivity (Wildman–Crippen MR) is 76.3 cm³/mol. The summed E-state index contributed by atoms with van der Waals surface area (Å²) in [5.41, 5.74) is 6.75. The van der Waals surface area contributed by atoms with Gasteiger partial charge in [-0.15, -0.1) is 0 Å². The number of aromatic nitrogens is 1. The average Bonchev–Trinajstić information content (AvgIpc) is 2.73. The Bertz CT molecular complexity index is 681. The van der Waals surface area contributed by atoms with Crippen molar-refractivity contribution in [1.82, 2.24) is 10.1 Å². The largest absolute Gasteiger partial charge is 0.361 e. The summed E-state index contributed by atoms with van der Waals surface area (Å²) in [5.74, 6) is 1.02. The van der Waals surface area contributed by atoms with Crippen LogP contribution >= 0.6 is 0 Å². The van der Waals surface area contributed by atoms with E-state index < -0.39 is 0 Å². The fourth-order valence-corrected chi connectivity index (χ4v) is 2.96. The van der Waals surface area contributed by atoms with Crippen LogP contribution in [0.4, 0.5) is 0 Å². The van der Waals surface area contributed by atoms with E-state index in [1.165, 1.54) is 11.1 Å². The van der Waals surface area contributed by atoms with Gasteiger partial charge in [0, 0.05) is 19.2 Å². The summed E-state index contributed by atoms with van der Waals surface area (Å²) in [6.07, 6.45) is 0.495. The molecule has 3 rings (SSSR count). The third-order valence-electron chi connectivity index (χ3n) is 4.16. The fourth-order valence-electron chi connectivity index (χ4n) is 2.96. The second-order valence-corrected chi connectivity index (χ2v) is 5.50. The number of carbonyl (C=O) groups is 1. The Morgan fingerprint density at radius 2 is 2.00 bits per heavy atom. The molecule has 1 aromatic heterocycles. The third-order valence-corrected chi connectivity index (χ3v) is 4.16. The first-order valence-electron chi connectivity index (χ1n) is 6.77. The second kappa shape index (κ2) is 4.47. The van der Waals surface area contributed by atoms with Gasteiger partial charge in [0.1, 0.15) is 5.76 Å². The minimum atomic E-state index is 0.182. The van der Waals surface area contributed by atoms with E-state index in [1.54, 1.807) is 4.90 Å². The van der Waals surface area contributed by atoms with E-state index in [0.717, 1.165) is 28.1 Å². The van der Waals surface area contributed by atoms with Crippen molar-refractivity contribution in [2.75, 3.05) is 7.05 Å². The fraction of sp³-hybridized carbons (Fsp3) is 0.375. The van der Waals surface area contributed by atoms with Crippen LogP contribution in [-0.4, -0.2) is 23.0 Å². The monoisotopic (exact) mass is 270 g/mol. The molecule has 0 radical (unpaired) electrons. The maximum Gasteiger partial charge on any atom is 0.227 e. The Hall–Kier alpha value is -2.10. The van der Waals surface area contributed by atoms with E-state index in [0.29, 0.717) is 13.0 Å². The van der Waals surface area contributed by atoms with Crippen molar-refractivity contribution in [2.24, 2.45) is 0 Å². The number of amides is 1. The highest BCUT2D eigenvalue weighted by Crippen LogP contribution is 2.34. The highest BCUT2D eigenvalue weighted by molar-refractivity contribution is 5.82. The molecule has 0 saturated carbocycles. The Morgan fingerprint density at radius 1 is 1.25 bits per heavy atom. The molecule has 2 aromatic rings. The van der Waals surface area contributed by atoms with E-state index in [-0.39, 0.29) is 5.91 Å². The number of nitrogens with zero attached hydrogens (tertiary/aromatic N) is 2. The van der Waals surface area contributed by atoms with Gasteiger partial charge in [0.05, 0.1) is 12.1 Å². The lowest BCUT2D eigenvalue weighted by molar-refractivity contribution is -0.130. The molecule has 2 heterocycles. The number of hydrogen-bond donors (Lipinski definition) is 0. The van der Waals surface area contributed by atoms with Crippen LogP contribution in [0, 0.1) is 20.8 Å². The molecule has 0 N–H and O–H groups in total. The number of likely N-dealkylation sites (N-methyl/N-ethyl adjacent to an activating group) is 1. The van der Waals surface area contributed by atoms with Gasteiger partial charge < -0.3 is 9.42 Å². The van der Waals surface area contributed by atoms with Gasteiger partial charge in [-0.25, -0.2) is 0 Å². The molecule has 1 aliphatic rings. The van der Waals surface area contributed by atoms with Gasteiger partial charge in [0.2, 0.25) is 5.91 Å². The first-order chi connectivity index (χ1) is 9.49. The molecule has 4 heteroatoms. The van der Waals surface area contributed by atoms with E-state index >= 15 is 0 Å². The normalized spacial score (nSPS) is 14.6. The van der Waals surface area contributed by atoms with Gasteiger partial charge >= 0.3 is 0 Å². The molecule has 0 unspecified atom stereocenters. The molecular weight excluding hydrogens is 252 g/mol. The first-order valence-corrected chi connectivity index (χ1v) is 6.77. The summed E-state index contributed by atoms with van der Waals surface area (Å²) in [6, 6.07) is 4.15. The molecule has 4 nitrogen and oxygen atoms in total. The zero-order chi connectivity index (χ0) is 14.4. The lowest BCUT2D eigenvalue weighted by atomic mass is 9.89. The minimum Gasteiger partial charge on any atom is -0.361 e. The molecule has 0 spiro atoms. The molecule has 0 atom stereocenters. The predicted octanol–water partition coefficient (Wildman–Crippen LogP) is 2.78. The van der Waals surface area contributed by atoms with Gasteiger partial charge in [-0.3, -0.25) is 4.79 Å². The molecule has 0 bridgehead atoms. The number of aryl methyl sites for hydroxylation is 2. The topological polar surface area (TPSA) is 46.3 Å². The van der Waals surface area contributed by atoms with Crippen LogP contribution in [0.3, 0.4) is 0 Å². The first kappa shape index (κ1) is 12.9. The average molecular weight is 270 g/mol. The van der Waals surface area contributed by atoms with Crippen LogP contribution < -0.4 is 0 Å². The summed E-state index contributed by atoms with van der Waals surface area (Å²) >= 11 is 0. The second-order valence-electron chi connectivity index (χ2n) is 5.50. The molecular formula is C16H18N2O2. The molecule has 20 heavy (non-hydrogen) atoms. The Kier molecular flexibility index (Phi) is 2.89. The van der Waals surface area contributed by atoms with Crippen molar-refractivity contribution >= 4 is 5.91 Å². The van der Waals surface area contributed by atoms with Crippen LogP contribution in [0.25, 0.3) is 11.1 Å². The van der Waals surface area contributed by atoms with Gasteiger partial charge in [0.25, 0.3) is 0 Å². The summed E-state index contributed by atoms with van der Waals surface area (Å²) in [7, 11) is 1.85. The van der Waals surface area contributed by atoms with Crippen LogP contribution in [0.2, 0.25) is 0 Å². The van der Waals surface area contributed by atoms with Crippen LogP contribution in [-0.2, 0) is 17.8 Å². The SMILES string of the molecule is Cc1noc(C)c1-c1ccc2c(c1C)CN(C)C(=O)C2. The Labute approximate surface area is 118 Å². The van der Waals surface area contributed by atoms with E-state index in [4.69, 9.17) is 4.52 Å². The maximum atomic E-state index is 11.8. The maximum absolute atomic E-state index is 11.8. The van der Waals surface area contributed by atoms with E-state index in [9.17, 15) is 4.79 Å². The number of carbonyl (C=O) groups excluding carboxylic acids is 1. The molecule has 0 fully saturated rings. The van der Waals surface area contributed by atoms with Crippen LogP contribution in [0.1, 0.15) is 28.1 Å². The van der Waals surface area contributed by atoms with Crippen LogP contribution in [0.5, 0.6) is 0 Å². The van der Waals surface area contributed by atoms with Crippen molar-refractivity contribution in [3.05, 3.63) is 40.3 Å². The number of hydrogen-bond acceptors (Lipinski definition) is 3. The third kappa shape index (κ3) is 1.83. The summed E-state index contributed by atoms with van der Waals surface area (Å²) in [5, 5.41) is 4.03. The molecule has 1 aliphatic heterocycles. The van der Waals surface area contributed by atoms with E-state index in [2.05, 4.69) is 24.2 Å². The highest BCUT2D eigenvalue weighted by Gasteiger charge is 2.24. The highest BCUT2D eigenvalue weighted by atomic mass is 16.5. The Balaban J connectivity index is 2.17.